The molecule has 0 radical (unpaired) electrons. The van der Waals surface area contributed by atoms with Crippen molar-refractivity contribution < 1.29 is 9.47 Å². The van der Waals surface area contributed by atoms with Gasteiger partial charge in [-0.3, -0.25) is 0 Å². The van der Waals surface area contributed by atoms with Crippen molar-refractivity contribution in [2.45, 2.75) is 26.7 Å². The van der Waals surface area contributed by atoms with Gasteiger partial charge in [0.2, 0.25) is 0 Å². The number of aromatic nitrogens is 2. The van der Waals surface area contributed by atoms with E-state index in [1.165, 1.54) is 0 Å². The number of ether oxygens (including phenoxy) is 2. The molecular formula is C15H28N4O2. The van der Waals surface area contributed by atoms with Gasteiger partial charge in [0, 0.05) is 39.4 Å². The van der Waals surface area contributed by atoms with Crippen molar-refractivity contribution in [1.29, 1.82) is 0 Å². The van der Waals surface area contributed by atoms with Crippen molar-refractivity contribution in [1.82, 2.24) is 9.97 Å². The van der Waals surface area contributed by atoms with Gasteiger partial charge < -0.3 is 19.7 Å². The van der Waals surface area contributed by atoms with E-state index in [-0.39, 0.29) is 0 Å². The predicted molar refractivity (Wildman–Crippen MR) is 86.2 cm³/mol. The van der Waals surface area contributed by atoms with Crippen molar-refractivity contribution in [2.75, 3.05) is 57.3 Å². The van der Waals surface area contributed by atoms with E-state index in [9.17, 15) is 0 Å². The molecule has 0 aromatic carbocycles. The lowest BCUT2D eigenvalue weighted by Gasteiger charge is -2.26. The van der Waals surface area contributed by atoms with Crippen LogP contribution in [0.15, 0.2) is 6.33 Å². The van der Waals surface area contributed by atoms with Gasteiger partial charge in [-0.2, -0.15) is 0 Å². The van der Waals surface area contributed by atoms with Crippen LogP contribution in [0.2, 0.25) is 0 Å². The first-order chi connectivity index (χ1) is 10.3. The zero-order valence-corrected chi connectivity index (χ0v) is 13.7. The Bertz CT molecular complexity index is 393. The summed E-state index contributed by atoms with van der Waals surface area (Å²) in [5, 5.41) is 3.38. The van der Waals surface area contributed by atoms with Gasteiger partial charge in [0.15, 0.2) is 0 Å². The summed E-state index contributed by atoms with van der Waals surface area (Å²) in [6, 6.07) is 0. The van der Waals surface area contributed by atoms with Crippen molar-refractivity contribution in [3.8, 4) is 0 Å². The average molecular weight is 296 g/mol. The Hall–Kier alpha value is -1.40. The highest BCUT2D eigenvalue weighted by Crippen LogP contribution is 2.23. The fourth-order valence-corrected chi connectivity index (χ4v) is 2.12. The molecule has 1 aromatic rings. The van der Waals surface area contributed by atoms with Crippen LogP contribution in [0.3, 0.4) is 0 Å². The summed E-state index contributed by atoms with van der Waals surface area (Å²) < 4.78 is 10.4. The normalized spacial score (nSPS) is 10.7. The summed E-state index contributed by atoms with van der Waals surface area (Å²) in [5.74, 6) is 1.91. The number of hydrogen-bond acceptors (Lipinski definition) is 6. The summed E-state index contributed by atoms with van der Waals surface area (Å²) in [6.45, 7) is 8.09. The number of nitrogens with one attached hydrogen (secondary N) is 1. The number of methoxy groups -OCH3 is 2. The van der Waals surface area contributed by atoms with Crippen LogP contribution in [-0.2, 0) is 15.9 Å². The maximum Gasteiger partial charge on any atom is 0.137 e. The van der Waals surface area contributed by atoms with Gasteiger partial charge in [0.25, 0.3) is 0 Å². The van der Waals surface area contributed by atoms with Crippen LogP contribution in [0, 0.1) is 0 Å². The van der Waals surface area contributed by atoms with Gasteiger partial charge in [-0.05, 0) is 12.8 Å². The predicted octanol–water partition coefficient (Wildman–Crippen LogP) is 1.96. The van der Waals surface area contributed by atoms with Crippen LogP contribution in [0.4, 0.5) is 11.6 Å². The smallest absolute Gasteiger partial charge is 0.137 e. The van der Waals surface area contributed by atoms with Crippen molar-refractivity contribution in [3.05, 3.63) is 11.9 Å². The molecule has 0 atom stereocenters. The average Bonchev–Trinajstić information content (AvgIpc) is 2.52. The minimum Gasteiger partial charge on any atom is -0.383 e. The third kappa shape index (κ3) is 5.47. The van der Waals surface area contributed by atoms with Crippen LogP contribution in [0.1, 0.15) is 25.8 Å². The second kappa shape index (κ2) is 10.3. The Morgan fingerprint density at radius 3 is 2.29 bits per heavy atom. The Balaban J connectivity index is 2.98. The molecule has 1 aromatic heterocycles. The van der Waals surface area contributed by atoms with Crippen LogP contribution in [0.25, 0.3) is 0 Å². The minimum absolute atomic E-state index is 0.661. The number of rotatable bonds is 11. The van der Waals surface area contributed by atoms with E-state index in [4.69, 9.17) is 9.47 Å². The Labute approximate surface area is 127 Å². The summed E-state index contributed by atoms with van der Waals surface area (Å²) in [5.41, 5.74) is 1.15. The van der Waals surface area contributed by atoms with E-state index in [1.54, 1.807) is 20.5 Å². The summed E-state index contributed by atoms with van der Waals surface area (Å²) in [6.07, 6.45) is 3.58. The first-order valence-electron chi connectivity index (χ1n) is 7.58. The Kier molecular flexibility index (Phi) is 8.69. The highest BCUT2D eigenvalue weighted by atomic mass is 16.5. The van der Waals surface area contributed by atoms with Gasteiger partial charge in [-0.1, -0.05) is 13.8 Å². The summed E-state index contributed by atoms with van der Waals surface area (Å²) in [4.78, 5) is 11.1. The van der Waals surface area contributed by atoms with E-state index in [0.717, 1.165) is 49.7 Å². The number of anilines is 2. The molecule has 0 saturated heterocycles. The second-order valence-corrected chi connectivity index (χ2v) is 4.78. The Morgan fingerprint density at radius 1 is 1.10 bits per heavy atom. The minimum atomic E-state index is 0.661. The monoisotopic (exact) mass is 296 g/mol. The first-order valence-corrected chi connectivity index (χ1v) is 7.58. The van der Waals surface area contributed by atoms with Crippen LogP contribution >= 0.6 is 0 Å². The van der Waals surface area contributed by atoms with E-state index in [1.807, 2.05) is 0 Å². The third-order valence-electron chi connectivity index (χ3n) is 3.25. The second-order valence-electron chi connectivity index (χ2n) is 4.78. The lowest BCUT2D eigenvalue weighted by atomic mass is 10.2. The van der Waals surface area contributed by atoms with E-state index < -0.39 is 0 Å². The standard InChI is InChI=1S/C15H28N4O2/c1-5-7-16-14-13(6-2)15(18-12-17-14)19(8-10-20-3)9-11-21-4/h12H,5-11H2,1-4H3,(H,16,17,18). The molecule has 0 spiro atoms. The molecule has 0 aliphatic heterocycles. The molecule has 1 rings (SSSR count). The van der Waals surface area contributed by atoms with Crippen molar-refractivity contribution >= 4 is 11.6 Å². The molecule has 0 aliphatic carbocycles. The van der Waals surface area contributed by atoms with Gasteiger partial charge in [0.1, 0.15) is 18.0 Å². The van der Waals surface area contributed by atoms with Gasteiger partial charge >= 0.3 is 0 Å². The lowest BCUT2D eigenvalue weighted by molar-refractivity contribution is 0.190. The fourth-order valence-electron chi connectivity index (χ4n) is 2.12. The van der Waals surface area contributed by atoms with Crippen molar-refractivity contribution in [2.24, 2.45) is 0 Å². The van der Waals surface area contributed by atoms with Gasteiger partial charge in [0.05, 0.1) is 13.2 Å². The van der Waals surface area contributed by atoms with Crippen LogP contribution in [-0.4, -0.2) is 57.0 Å². The molecule has 6 heteroatoms. The van der Waals surface area contributed by atoms with E-state index >= 15 is 0 Å². The molecule has 1 N–H and O–H groups in total. The molecule has 1 heterocycles. The van der Waals surface area contributed by atoms with Crippen LogP contribution < -0.4 is 10.2 Å². The molecule has 0 unspecified atom stereocenters. The quantitative estimate of drug-likeness (QED) is 0.673. The maximum absolute atomic E-state index is 5.20. The SMILES string of the molecule is CCCNc1ncnc(N(CCOC)CCOC)c1CC. The molecule has 0 amide bonds. The highest BCUT2D eigenvalue weighted by molar-refractivity contribution is 5.58. The number of hydrogen-bond donors (Lipinski definition) is 1. The molecule has 21 heavy (non-hydrogen) atoms. The first kappa shape index (κ1) is 17.7. The maximum atomic E-state index is 5.20. The largest absolute Gasteiger partial charge is 0.383 e. The van der Waals surface area contributed by atoms with E-state index in [0.29, 0.717) is 13.2 Å². The van der Waals surface area contributed by atoms with Gasteiger partial charge in [-0.15, -0.1) is 0 Å². The molecular weight excluding hydrogens is 268 g/mol. The van der Waals surface area contributed by atoms with Gasteiger partial charge in [-0.25, -0.2) is 9.97 Å². The molecule has 0 fully saturated rings. The third-order valence-corrected chi connectivity index (χ3v) is 3.25. The lowest BCUT2D eigenvalue weighted by Crippen LogP contribution is -2.32. The zero-order valence-electron chi connectivity index (χ0n) is 13.7. The van der Waals surface area contributed by atoms with E-state index in [2.05, 4.69) is 34.0 Å². The molecule has 0 bridgehead atoms. The molecule has 120 valence electrons. The number of nitrogens with zero attached hydrogens (tertiary/aromatic N) is 3. The highest BCUT2D eigenvalue weighted by Gasteiger charge is 2.15. The topological polar surface area (TPSA) is 59.5 Å². The van der Waals surface area contributed by atoms with Crippen molar-refractivity contribution in [3.63, 3.8) is 0 Å². The van der Waals surface area contributed by atoms with Crippen LogP contribution in [0.5, 0.6) is 0 Å². The summed E-state index contributed by atoms with van der Waals surface area (Å²) >= 11 is 0. The summed E-state index contributed by atoms with van der Waals surface area (Å²) in [7, 11) is 3.42. The Morgan fingerprint density at radius 2 is 1.76 bits per heavy atom. The molecule has 6 nitrogen and oxygen atoms in total. The molecule has 0 aliphatic rings. The zero-order chi connectivity index (χ0) is 15.5. The fraction of sp³-hybridized carbons (Fsp3) is 0.733. The molecule has 0 saturated carbocycles.